The largest absolute Gasteiger partial charge is 0.351 e. The first-order chi connectivity index (χ1) is 16.5. The van der Waals surface area contributed by atoms with Gasteiger partial charge in [0.15, 0.2) is 0 Å². The van der Waals surface area contributed by atoms with Crippen molar-refractivity contribution in [3.8, 4) is 0 Å². The Balaban J connectivity index is 1.67. The van der Waals surface area contributed by atoms with Crippen molar-refractivity contribution < 1.29 is 14.4 Å². The summed E-state index contributed by atoms with van der Waals surface area (Å²) < 4.78 is 0. The average molecular weight is 477 g/mol. The van der Waals surface area contributed by atoms with Gasteiger partial charge in [0.25, 0.3) is 5.91 Å². The molecular formula is C26H28N4O3S. The van der Waals surface area contributed by atoms with Crippen molar-refractivity contribution in [2.24, 2.45) is 0 Å². The molecule has 1 aromatic carbocycles. The van der Waals surface area contributed by atoms with Gasteiger partial charge in [0.1, 0.15) is 6.04 Å². The van der Waals surface area contributed by atoms with Crippen LogP contribution in [0.25, 0.3) is 0 Å². The van der Waals surface area contributed by atoms with Gasteiger partial charge in [0.05, 0.1) is 23.3 Å². The first kappa shape index (κ1) is 23.6. The van der Waals surface area contributed by atoms with Gasteiger partial charge in [0.2, 0.25) is 11.8 Å². The minimum atomic E-state index is -0.892. The topological polar surface area (TPSA) is 91.4 Å². The summed E-state index contributed by atoms with van der Waals surface area (Å²) in [6.07, 6.45) is 7.22. The van der Waals surface area contributed by atoms with Gasteiger partial charge in [-0.15, -0.1) is 11.3 Å². The molecule has 8 heteroatoms. The molecule has 0 bridgehead atoms. The Labute approximate surface area is 203 Å². The normalized spacial score (nSPS) is 14.4. The second-order valence-corrected chi connectivity index (χ2v) is 9.33. The van der Waals surface area contributed by atoms with Crippen LogP contribution < -0.4 is 15.5 Å². The summed E-state index contributed by atoms with van der Waals surface area (Å²) in [5.41, 5.74) is 2.13. The third-order valence-electron chi connectivity index (χ3n) is 6.03. The molecule has 1 fully saturated rings. The molecule has 1 aliphatic rings. The fourth-order valence-electron chi connectivity index (χ4n) is 4.31. The van der Waals surface area contributed by atoms with Gasteiger partial charge >= 0.3 is 0 Å². The second kappa shape index (κ2) is 11.1. The van der Waals surface area contributed by atoms with E-state index < -0.39 is 11.9 Å². The number of carbonyl (C=O) groups excluding carboxylic acids is 3. The van der Waals surface area contributed by atoms with Gasteiger partial charge in [-0.2, -0.15) is 0 Å². The zero-order chi connectivity index (χ0) is 23.9. The van der Waals surface area contributed by atoms with Crippen molar-refractivity contribution in [1.29, 1.82) is 0 Å². The molecule has 0 saturated heterocycles. The Hall–Kier alpha value is -3.52. The molecule has 2 aromatic heterocycles. The number of rotatable bonds is 8. The molecule has 2 N–H and O–H groups in total. The van der Waals surface area contributed by atoms with Gasteiger partial charge in [0, 0.05) is 12.2 Å². The molecule has 0 unspecified atom stereocenters. The minimum Gasteiger partial charge on any atom is -0.351 e. The van der Waals surface area contributed by atoms with Crippen LogP contribution in [0.2, 0.25) is 0 Å². The number of benzene rings is 1. The first-order valence-electron chi connectivity index (χ1n) is 11.4. The van der Waals surface area contributed by atoms with Crippen molar-refractivity contribution in [2.45, 2.75) is 44.7 Å². The Morgan fingerprint density at radius 1 is 1.09 bits per heavy atom. The van der Waals surface area contributed by atoms with Crippen LogP contribution in [0.15, 0.2) is 66.3 Å². The molecule has 34 heavy (non-hydrogen) atoms. The fourth-order valence-corrected chi connectivity index (χ4v) is 4.95. The number of hydrogen-bond acceptors (Lipinski definition) is 5. The van der Waals surface area contributed by atoms with E-state index in [0.717, 1.165) is 36.8 Å². The van der Waals surface area contributed by atoms with E-state index in [2.05, 4.69) is 15.6 Å². The Morgan fingerprint density at radius 3 is 2.56 bits per heavy atom. The highest BCUT2D eigenvalue weighted by Gasteiger charge is 2.35. The van der Waals surface area contributed by atoms with E-state index >= 15 is 0 Å². The van der Waals surface area contributed by atoms with Gasteiger partial charge in [-0.1, -0.05) is 43.2 Å². The summed E-state index contributed by atoms with van der Waals surface area (Å²) in [5, 5.41) is 7.66. The van der Waals surface area contributed by atoms with Crippen LogP contribution in [0.4, 0.5) is 5.69 Å². The van der Waals surface area contributed by atoms with Crippen molar-refractivity contribution in [2.75, 3.05) is 11.4 Å². The lowest BCUT2D eigenvalue weighted by molar-refractivity contribution is -0.126. The molecule has 7 nitrogen and oxygen atoms in total. The maximum Gasteiger partial charge on any atom is 0.261 e. The smallest absolute Gasteiger partial charge is 0.261 e. The van der Waals surface area contributed by atoms with Crippen molar-refractivity contribution in [1.82, 2.24) is 15.6 Å². The molecule has 3 amide bonds. The number of carbonyl (C=O) groups is 3. The molecule has 1 atom stereocenters. The van der Waals surface area contributed by atoms with Gasteiger partial charge < -0.3 is 10.6 Å². The van der Waals surface area contributed by atoms with Crippen LogP contribution in [0.1, 0.15) is 52.5 Å². The lowest BCUT2D eigenvalue weighted by Gasteiger charge is -2.33. The van der Waals surface area contributed by atoms with E-state index in [-0.39, 0.29) is 24.4 Å². The lowest BCUT2D eigenvalue weighted by Crippen LogP contribution is -2.49. The van der Waals surface area contributed by atoms with E-state index in [9.17, 15) is 14.4 Å². The molecule has 0 aliphatic heterocycles. The van der Waals surface area contributed by atoms with Gasteiger partial charge in [-0.05, 0) is 54.5 Å². The van der Waals surface area contributed by atoms with Crippen LogP contribution >= 0.6 is 11.3 Å². The number of nitrogens with one attached hydrogen (secondary N) is 2. The monoisotopic (exact) mass is 476 g/mol. The lowest BCUT2D eigenvalue weighted by atomic mass is 9.98. The standard InChI is InChI=1S/C26H28N4O3S/c1-18-8-2-5-12-21(18)24(26(33)29-19-9-3-4-10-19)30(20-11-6-14-27-16-20)23(31)17-28-25(32)22-13-7-15-34-22/h2,5-8,11-16,19,24H,3-4,9-10,17H2,1H3,(H,28,32)(H,29,33)/t24-/m0/s1. The number of nitrogens with zero attached hydrogens (tertiary/aromatic N) is 2. The predicted molar refractivity (Wildman–Crippen MR) is 133 cm³/mol. The molecule has 1 aliphatic carbocycles. The number of amides is 3. The number of hydrogen-bond donors (Lipinski definition) is 2. The molecule has 1 saturated carbocycles. The highest BCUT2D eigenvalue weighted by Crippen LogP contribution is 2.30. The van der Waals surface area contributed by atoms with E-state index in [1.54, 1.807) is 42.0 Å². The van der Waals surface area contributed by atoms with Crippen LogP contribution in [-0.2, 0) is 9.59 Å². The number of anilines is 1. The SMILES string of the molecule is Cc1ccccc1[C@@H](C(=O)NC1CCCC1)N(C(=O)CNC(=O)c1cccs1)c1cccnc1. The van der Waals surface area contributed by atoms with E-state index in [1.807, 2.05) is 31.2 Å². The number of pyridine rings is 1. The van der Waals surface area contributed by atoms with Gasteiger partial charge in [-0.3, -0.25) is 24.3 Å². The van der Waals surface area contributed by atoms with Crippen molar-refractivity contribution >= 4 is 34.7 Å². The predicted octanol–water partition coefficient (Wildman–Crippen LogP) is 4.01. The maximum absolute atomic E-state index is 13.7. The molecule has 0 radical (unpaired) electrons. The number of aromatic nitrogens is 1. The Bertz CT molecular complexity index is 1130. The quantitative estimate of drug-likeness (QED) is 0.514. The molecular weight excluding hydrogens is 448 g/mol. The molecule has 2 heterocycles. The van der Waals surface area contributed by atoms with Gasteiger partial charge in [-0.25, -0.2) is 0 Å². The molecule has 176 valence electrons. The summed E-state index contributed by atoms with van der Waals surface area (Å²) in [6, 6.07) is 13.7. The van der Waals surface area contributed by atoms with Crippen molar-refractivity contribution in [3.63, 3.8) is 0 Å². The van der Waals surface area contributed by atoms with E-state index in [0.29, 0.717) is 10.6 Å². The maximum atomic E-state index is 13.7. The van der Waals surface area contributed by atoms with Crippen LogP contribution in [0, 0.1) is 6.92 Å². The second-order valence-electron chi connectivity index (χ2n) is 8.38. The average Bonchev–Trinajstić information content (AvgIpc) is 3.56. The summed E-state index contributed by atoms with van der Waals surface area (Å²) in [4.78, 5) is 45.9. The summed E-state index contributed by atoms with van der Waals surface area (Å²) in [7, 11) is 0. The van der Waals surface area contributed by atoms with E-state index in [4.69, 9.17) is 0 Å². The van der Waals surface area contributed by atoms with Crippen molar-refractivity contribution in [3.05, 3.63) is 82.3 Å². The molecule has 0 spiro atoms. The number of aryl methyl sites for hydroxylation is 1. The third kappa shape index (κ3) is 5.51. The minimum absolute atomic E-state index is 0.100. The zero-order valence-electron chi connectivity index (χ0n) is 19.1. The summed E-state index contributed by atoms with van der Waals surface area (Å²) in [6.45, 7) is 1.68. The number of thiophene rings is 1. The molecule has 4 rings (SSSR count). The Kier molecular flexibility index (Phi) is 7.69. The Morgan fingerprint density at radius 2 is 1.88 bits per heavy atom. The molecule has 3 aromatic rings. The fraction of sp³-hybridized carbons (Fsp3) is 0.308. The first-order valence-corrected chi connectivity index (χ1v) is 12.3. The van der Waals surface area contributed by atoms with Crippen LogP contribution in [0.5, 0.6) is 0 Å². The summed E-state index contributed by atoms with van der Waals surface area (Å²) in [5.74, 6) is -0.951. The van der Waals surface area contributed by atoms with Crippen LogP contribution in [0.3, 0.4) is 0 Å². The summed E-state index contributed by atoms with van der Waals surface area (Å²) >= 11 is 1.30. The van der Waals surface area contributed by atoms with E-state index in [1.165, 1.54) is 16.2 Å². The third-order valence-corrected chi connectivity index (χ3v) is 6.90. The zero-order valence-corrected chi connectivity index (χ0v) is 19.9. The highest BCUT2D eigenvalue weighted by molar-refractivity contribution is 7.12. The van der Waals surface area contributed by atoms with Crippen LogP contribution in [-0.4, -0.2) is 35.3 Å². The highest BCUT2D eigenvalue weighted by atomic mass is 32.1.